The zero-order chi connectivity index (χ0) is 14.3. The van der Waals surface area contributed by atoms with E-state index in [1.54, 1.807) is 0 Å². The molecule has 0 unspecified atom stereocenters. The molecule has 3 nitrogen and oxygen atoms in total. The lowest BCUT2D eigenvalue weighted by Gasteiger charge is -2.19. The van der Waals surface area contributed by atoms with Gasteiger partial charge in [-0.2, -0.15) is 0 Å². The van der Waals surface area contributed by atoms with E-state index in [1.165, 1.54) is 5.56 Å². The second-order valence-corrected chi connectivity index (χ2v) is 5.94. The van der Waals surface area contributed by atoms with E-state index in [0.717, 1.165) is 31.8 Å². The Morgan fingerprint density at radius 1 is 1.42 bits per heavy atom. The lowest BCUT2D eigenvalue weighted by molar-refractivity contribution is 0.272. The molecule has 0 atom stereocenters. The normalized spacial score (nSPS) is 11.8. The van der Waals surface area contributed by atoms with Gasteiger partial charge >= 0.3 is 0 Å². The summed E-state index contributed by atoms with van der Waals surface area (Å²) in [6, 6.07) is 2.11. The van der Waals surface area contributed by atoms with Gasteiger partial charge in [0.05, 0.1) is 19.4 Å². The summed E-state index contributed by atoms with van der Waals surface area (Å²) in [5.74, 6) is 3.68. The van der Waals surface area contributed by atoms with Gasteiger partial charge in [-0.1, -0.05) is 12.8 Å². The van der Waals surface area contributed by atoms with E-state index >= 15 is 0 Å². The molecule has 1 aromatic rings. The van der Waals surface area contributed by atoms with Crippen molar-refractivity contribution in [2.75, 3.05) is 13.1 Å². The third kappa shape index (κ3) is 6.47. The standard InChI is InChI=1S/C16H26N2O/c1-6-8-18(9-7-2)12-15-10-14(13-19-15)11-17-16(3,4)5/h1,10,13,17H,7-9,11-12H2,2-5H3. The number of terminal acetylenes is 1. The minimum atomic E-state index is 0.120. The first-order valence-electron chi connectivity index (χ1n) is 6.91. The van der Waals surface area contributed by atoms with Gasteiger partial charge in [-0.3, -0.25) is 4.90 Å². The molecule has 0 spiro atoms. The van der Waals surface area contributed by atoms with Crippen LogP contribution in [0.1, 0.15) is 45.4 Å². The molecule has 0 aliphatic carbocycles. The van der Waals surface area contributed by atoms with Crippen LogP contribution in [-0.2, 0) is 13.1 Å². The maximum Gasteiger partial charge on any atom is 0.118 e. The van der Waals surface area contributed by atoms with Crippen molar-refractivity contribution in [2.45, 2.75) is 52.7 Å². The van der Waals surface area contributed by atoms with E-state index in [4.69, 9.17) is 10.8 Å². The van der Waals surface area contributed by atoms with Crippen molar-refractivity contribution in [3.63, 3.8) is 0 Å². The van der Waals surface area contributed by atoms with Crippen LogP contribution in [0.25, 0.3) is 0 Å². The van der Waals surface area contributed by atoms with E-state index in [0.29, 0.717) is 6.54 Å². The first-order chi connectivity index (χ1) is 8.94. The molecule has 0 aromatic carbocycles. The molecule has 1 aromatic heterocycles. The van der Waals surface area contributed by atoms with Gasteiger partial charge in [0.1, 0.15) is 5.76 Å². The minimum Gasteiger partial charge on any atom is -0.468 e. The molecule has 1 heterocycles. The average Bonchev–Trinajstić information content (AvgIpc) is 2.74. The van der Waals surface area contributed by atoms with E-state index in [9.17, 15) is 0 Å². The first-order valence-corrected chi connectivity index (χ1v) is 6.91. The third-order valence-corrected chi connectivity index (χ3v) is 2.77. The molecule has 1 N–H and O–H groups in total. The Kier molecular flexibility index (Phi) is 6.14. The lowest BCUT2D eigenvalue weighted by atomic mass is 10.1. The molecule has 1 rings (SSSR count). The fourth-order valence-corrected chi connectivity index (χ4v) is 1.85. The monoisotopic (exact) mass is 262 g/mol. The summed E-state index contributed by atoms with van der Waals surface area (Å²) < 4.78 is 5.60. The van der Waals surface area contributed by atoms with E-state index < -0.39 is 0 Å². The van der Waals surface area contributed by atoms with Gasteiger partial charge in [-0.05, 0) is 39.8 Å². The van der Waals surface area contributed by atoms with Crippen molar-refractivity contribution < 1.29 is 4.42 Å². The first kappa shape index (κ1) is 15.8. The molecule has 0 amide bonds. The second kappa shape index (κ2) is 7.37. The van der Waals surface area contributed by atoms with Crippen LogP contribution in [0.5, 0.6) is 0 Å². The largest absolute Gasteiger partial charge is 0.468 e. The van der Waals surface area contributed by atoms with Gasteiger partial charge in [0, 0.05) is 17.6 Å². The number of hydrogen-bond donors (Lipinski definition) is 1. The molecule has 19 heavy (non-hydrogen) atoms. The van der Waals surface area contributed by atoms with Gasteiger partial charge in [0.2, 0.25) is 0 Å². The summed E-state index contributed by atoms with van der Waals surface area (Å²) in [6.45, 7) is 11.9. The summed E-state index contributed by atoms with van der Waals surface area (Å²) in [4.78, 5) is 2.22. The van der Waals surface area contributed by atoms with Crippen LogP contribution in [-0.4, -0.2) is 23.5 Å². The van der Waals surface area contributed by atoms with Crippen molar-refractivity contribution in [2.24, 2.45) is 0 Å². The quantitative estimate of drug-likeness (QED) is 0.766. The van der Waals surface area contributed by atoms with Crippen LogP contribution in [0.3, 0.4) is 0 Å². The maximum atomic E-state index is 5.60. The topological polar surface area (TPSA) is 28.4 Å². The predicted octanol–water partition coefficient (Wildman–Crippen LogP) is 3.01. The van der Waals surface area contributed by atoms with Crippen molar-refractivity contribution in [3.05, 3.63) is 23.7 Å². The predicted molar refractivity (Wildman–Crippen MR) is 79.7 cm³/mol. The number of nitrogens with zero attached hydrogens (tertiary/aromatic N) is 1. The summed E-state index contributed by atoms with van der Waals surface area (Å²) in [7, 11) is 0. The zero-order valence-electron chi connectivity index (χ0n) is 12.6. The third-order valence-electron chi connectivity index (χ3n) is 2.77. The Labute approximate surface area is 117 Å². The van der Waals surface area contributed by atoms with Gasteiger partial charge < -0.3 is 9.73 Å². The highest BCUT2D eigenvalue weighted by molar-refractivity contribution is 5.13. The fourth-order valence-electron chi connectivity index (χ4n) is 1.85. The number of hydrogen-bond acceptors (Lipinski definition) is 3. The second-order valence-electron chi connectivity index (χ2n) is 5.94. The summed E-state index contributed by atoms with van der Waals surface area (Å²) in [6.07, 6.45) is 8.31. The number of furan rings is 1. The molecule has 0 bridgehead atoms. The average molecular weight is 262 g/mol. The van der Waals surface area contributed by atoms with Crippen LogP contribution >= 0.6 is 0 Å². The molecule has 106 valence electrons. The van der Waals surface area contributed by atoms with Crippen LogP contribution in [0.15, 0.2) is 16.7 Å². The van der Waals surface area contributed by atoms with Crippen molar-refractivity contribution in [3.8, 4) is 12.3 Å². The van der Waals surface area contributed by atoms with Gasteiger partial charge in [0.25, 0.3) is 0 Å². The Morgan fingerprint density at radius 3 is 2.74 bits per heavy atom. The van der Waals surface area contributed by atoms with Crippen molar-refractivity contribution >= 4 is 0 Å². The Balaban J connectivity index is 2.51. The van der Waals surface area contributed by atoms with Crippen LogP contribution < -0.4 is 5.32 Å². The maximum absolute atomic E-state index is 5.60. The Hall–Kier alpha value is -1.24. The lowest BCUT2D eigenvalue weighted by Crippen LogP contribution is -2.34. The van der Waals surface area contributed by atoms with Crippen molar-refractivity contribution in [1.29, 1.82) is 0 Å². The molecule has 0 saturated heterocycles. The highest BCUT2D eigenvalue weighted by Crippen LogP contribution is 2.12. The molecular formula is C16H26N2O. The van der Waals surface area contributed by atoms with Crippen LogP contribution in [0, 0.1) is 12.3 Å². The van der Waals surface area contributed by atoms with E-state index in [-0.39, 0.29) is 5.54 Å². The summed E-state index contributed by atoms with van der Waals surface area (Å²) >= 11 is 0. The highest BCUT2D eigenvalue weighted by Gasteiger charge is 2.11. The van der Waals surface area contributed by atoms with E-state index in [1.807, 2.05) is 6.26 Å². The molecule has 0 radical (unpaired) electrons. The molecular weight excluding hydrogens is 236 g/mol. The van der Waals surface area contributed by atoms with Gasteiger partial charge in [-0.25, -0.2) is 0 Å². The molecule has 0 saturated carbocycles. The van der Waals surface area contributed by atoms with Gasteiger partial charge in [-0.15, -0.1) is 6.42 Å². The summed E-state index contributed by atoms with van der Waals surface area (Å²) in [5, 5.41) is 3.45. The smallest absolute Gasteiger partial charge is 0.118 e. The van der Waals surface area contributed by atoms with Gasteiger partial charge in [0.15, 0.2) is 0 Å². The fraction of sp³-hybridized carbons (Fsp3) is 0.625. The minimum absolute atomic E-state index is 0.120. The number of rotatable bonds is 7. The SMILES string of the molecule is C#CCN(CCC)Cc1cc(CNC(C)(C)C)co1. The molecule has 3 heteroatoms. The highest BCUT2D eigenvalue weighted by atomic mass is 16.3. The summed E-state index contributed by atoms with van der Waals surface area (Å²) in [5.41, 5.74) is 1.30. The van der Waals surface area contributed by atoms with Crippen LogP contribution in [0.4, 0.5) is 0 Å². The zero-order valence-corrected chi connectivity index (χ0v) is 12.6. The Morgan fingerprint density at radius 2 is 2.16 bits per heavy atom. The van der Waals surface area contributed by atoms with E-state index in [2.05, 4.69) is 49.9 Å². The molecule has 0 aliphatic rings. The molecule has 0 fully saturated rings. The number of nitrogens with one attached hydrogen (secondary N) is 1. The molecule has 0 aliphatic heterocycles. The Bertz CT molecular complexity index is 409. The van der Waals surface area contributed by atoms with Crippen LogP contribution in [0.2, 0.25) is 0 Å². The van der Waals surface area contributed by atoms with Crippen molar-refractivity contribution in [1.82, 2.24) is 10.2 Å².